The van der Waals surface area contributed by atoms with E-state index in [1.54, 1.807) is 0 Å². The van der Waals surface area contributed by atoms with Crippen LogP contribution in [-0.4, -0.2) is 12.6 Å². The highest BCUT2D eigenvalue weighted by Gasteiger charge is 2.16. The van der Waals surface area contributed by atoms with Crippen LogP contribution < -0.4 is 5.32 Å². The first kappa shape index (κ1) is 16.2. The summed E-state index contributed by atoms with van der Waals surface area (Å²) < 4.78 is 0. The summed E-state index contributed by atoms with van der Waals surface area (Å²) in [6, 6.07) is 9.84. The zero-order valence-corrected chi connectivity index (χ0v) is 13.4. The molecule has 2 unspecified atom stereocenters. The van der Waals surface area contributed by atoms with E-state index >= 15 is 0 Å². The van der Waals surface area contributed by atoms with E-state index in [1.165, 1.54) is 30.4 Å². The largest absolute Gasteiger partial charge is 0.313 e. The Balaban J connectivity index is 2.67. The van der Waals surface area contributed by atoms with Gasteiger partial charge in [0.2, 0.25) is 0 Å². The molecule has 0 aromatic heterocycles. The summed E-state index contributed by atoms with van der Waals surface area (Å²) in [5, 5.41) is 3.66. The van der Waals surface area contributed by atoms with E-state index in [9.17, 15) is 0 Å². The molecule has 0 amide bonds. The minimum Gasteiger partial charge on any atom is -0.313 e. The van der Waals surface area contributed by atoms with Crippen molar-refractivity contribution in [3.8, 4) is 0 Å². The lowest BCUT2D eigenvalue weighted by atomic mass is 9.90. The molecule has 0 aliphatic carbocycles. The molecule has 1 nitrogen and oxygen atoms in total. The van der Waals surface area contributed by atoms with Crippen molar-refractivity contribution < 1.29 is 0 Å². The van der Waals surface area contributed by atoms with Gasteiger partial charge in [-0.15, -0.1) is 0 Å². The summed E-state index contributed by atoms with van der Waals surface area (Å²) in [6.07, 6.45) is 3.57. The quantitative estimate of drug-likeness (QED) is 0.711. The molecular weight excluding hydrogens is 230 g/mol. The lowest BCUT2D eigenvalue weighted by Gasteiger charge is -2.24. The fourth-order valence-electron chi connectivity index (χ4n) is 2.67. The van der Waals surface area contributed by atoms with Crippen molar-refractivity contribution in [3.05, 3.63) is 35.4 Å². The van der Waals surface area contributed by atoms with E-state index in [-0.39, 0.29) is 0 Å². The van der Waals surface area contributed by atoms with Crippen LogP contribution in [0.15, 0.2) is 24.3 Å². The lowest BCUT2D eigenvalue weighted by molar-refractivity contribution is 0.438. The van der Waals surface area contributed by atoms with Crippen molar-refractivity contribution in [1.82, 2.24) is 5.32 Å². The molecule has 0 saturated heterocycles. The first-order valence-corrected chi connectivity index (χ1v) is 7.90. The van der Waals surface area contributed by atoms with Gasteiger partial charge in [-0.2, -0.15) is 0 Å². The first-order chi connectivity index (χ1) is 9.08. The SMILES string of the molecule is CCCNC(CC)C(C)c1ccc(CC(C)C)cc1. The molecule has 0 radical (unpaired) electrons. The first-order valence-electron chi connectivity index (χ1n) is 7.90. The van der Waals surface area contributed by atoms with Crippen molar-refractivity contribution in [1.29, 1.82) is 0 Å². The van der Waals surface area contributed by atoms with Crippen molar-refractivity contribution >= 4 is 0 Å². The van der Waals surface area contributed by atoms with Crippen molar-refractivity contribution in [2.75, 3.05) is 6.54 Å². The molecule has 0 bridgehead atoms. The molecule has 2 atom stereocenters. The second-order valence-electron chi connectivity index (χ2n) is 6.10. The second-order valence-corrected chi connectivity index (χ2v) is 6.10. The summed E-state index contributed by atoms with van der Waals surface area (Å²) in [5.74, 6) is 1.32. The zero-order chi connectivity index (χ0) is 14.3. The van der Waals surface area contributed by atoms with Gasteiger partial charge >= 0.3 is 0 Å². The van der Waals surface area contributed by atoms with Crippen LogP contribution in [0.3, 0.4) is 0 Å². The van der Waals surface area contributed by atoms with Crippen LogP contribution in [0.1, 0.15) is 64.5 Å². The summed E-state index contributed by atoms with van der Waals surface area (Å²) in [7, 11) is 0. The Labute approximate surface area is 119 Å². The third-order valence-electron chi connectivity index (χ3n) is 3.85. The maximum Gasteiger partial charge on any atom is 0.0130 e. The highest BCUT2D eigenvalue weighted by atomic mass is 14.9. The number of hydrogen-bond donors (Lipinski definition) is 1. The predicted octanol–water partition coefficient (Wildman–Crippen LogP) is 4.77. The molecular formula is C18H31N. The molecule has 19 heavy (non-hydrogen) atoms. The average Bonchev–Trinajstić information content (AvgIpc) is 2.39. The van der Waals surface area contributed by atoms with Gasteiger partial charge in [0.25, 0.3) is 0 Å². The summed E-state index contributed by atoms with van der Waals surface area (Å²) in [5.41, 5.74) is 2.92. The number of hydrogen-bond acceptors (Lipinski definition) is 1. The topological polar surface area (TPSA) is 12.0 Å². The van der Waals surface area contributed by atoms with Crippen LogP contribution in [0.5, 0.6) is 0 Å². The molecule has 0 aliphatic rings. The number of rotatable bonds is 8. The minimum absolute atomic E-state index is 0.588. The van der Waals surface area contributed by atoms with Crippen LogP contribution in [0.2, 0.25) is 0 Å². The van der Waals surface area contributed by atoms with Crippen LogP contribution in [0.4, 0.5) is 0 Å². The number of nitrogens with one attached hydrogen (secondary N) is 1. The standard InChI is InChI=1S/C18H31N/c1-6-12-19-18(7-2)15(5)17-10-8-16(9-11-17)13-14(3)4/h8-11,14-15,18-19H,6-7,12-13H2,1-5H3. The van der Waals surface area contributed by atoms with E-state index in [4.69, 9.17) is 0 Å². The molecule has 0 spiro atoms. The Hall–Kier alpha value is -0.820. The summed E-state index contributed by atoms with van der Waals surface area (Å²) in [4.78, 5) is 0. The third kappa shape index (κ3) is 5.36. The van der Waals surface area contributed by atoms with Gasteiger partial charge < -0.3 is 5.32 Å². The highest BCUT2D eigenvalue weighted by Crippen LogP contribution is 2.22. The van der Waals surface area contributed by atoms with Gasteiger partial charge in [0, 0.05) is 6.04 Å². The maximum atomic E-state index is 3.66. The average molecular weight is 261 g/mol. The van der Waals surface area contributed by atoms with E-state index < -0.39 is 0 Å². The molecule has 0 saturated carbocycles. The minimum atomic E-state index is 0.588. The van der Waals surface area contributed by atoms with Crippen LogP contribution in [-0.2, 0) is 6.42 Å². The van der Waals surface area contributed by atoms with Gasteiger partial charge in [-0.3, -0.25) is 0 Å². The molecule has 108 valence electrons. The number of benzene rings is 1. The predicted molar refractivity (Wildman–Crippen MR) is 85.8 cm³/mol. The highest BCUT2D eigenvalue weighted by molar-refractivity contribution is 5.26. The Morgan fingerprint density at radius 3 is 2.11 bits per heavy atom. The third-order valence-corrected chi connectivity index (χ3v) is 3.85. The molecule has 1 heteroatoms. The molecule has 1 aromatic carbocycles. The van der Waals surface area contributed by atoms with Gasteiger partial charge in [-0.1, -0.05) is 58.9 Å². The van der Waals surface area contributed by atoms with E-state index in [1.807, 2.05) is 0 Å². The van der Waals surface area contributed by atoms with E-state index in [0.29, 0.717) is 12.0 Å². The van der Waals surface area contributed by atoms with Crippen molar-refractivity contribution in [3.63, 3.8) is 0 Å². The fraction of sp³-hybridized carbons (Fsp3) is 0.667. The summed E-state index contributed by atoms with van der Waals surface area (Å²) in [6.45, 7) is 12.5. The van der Waals surface area contributed by atoms with Gasteiger partial charge in [0.05, 0.1) is 0 Å². The Morgan fingerprint density at radius 1 is 1.00 bits per heavy atom. The van der Waals surface area contributed by atoms with Crippen molar-refractivity contribution in [2.45, 2.75) is 65.8 Å². The maximum absolute atomic E-state index is 3.66. The molecule has 0 heterocycles. The van der Waals surface area contributed by atoms with Crippen molar-refractivity contribution in [2.24, 2.45) is 5.92 Å². The molecule has 1 aromatic rings. The molecule has 1 rings (SSSR count). The molecule has 0 aliphatic heterocycles. The molecule has 0 fully saturated rings. The van der Waals surface area contributed by atoms with Gasteiger partial charge in [0.15, 0.2) is 0 Å². The van der Waals surface area contributed by atoms with Gasteiger partial charge in [-0.25, -0.2) is 0 Å². The van der Waals surface area contributed by atoms with Crippen LogP contribution in [0, 0.1) is 5.92 Å². The Bertz CT molecular complexity index is 339. The van der Waals surface area contributed by atoms with Crippen LogP contribution in [0.25, 0.3) is 0 Å². The Morgan fingerprint density at radius 2 is 1.63 bits per heavy atom. The van der Waals surface area contributed by atoms with Gasteiger partial charge in [-0.05, 0) is 48.8 Å². The normalized spacial score (nSPS) is 14.6. The zero-order valence-electron chi connectivity index (χ0n) is 13.4. The lowest BCUT2D eigenvalue weighted by Crippen LogP contribution is -2.33. The monoisotopic (exact) mass is 261 g/mol. The van der Waals surface area contributed by atoms with Gasteiger partial charge in [0.1, 0.15) is 0 Å². The summed E-state index contributed by atoms with van der Waals surface area (Å²) >= 11 is 0. The smallest absolute Gasteiger partial charge is 0.0130 e. The Kier molecular flexibility index (Phi) is 7.15. The van der Waals surface area contributed by atoms with E-state index in [2.05, 4.69) is 64.2 Å². The fourth-order valence-corrected chi connectivity index (χ4v) is 2.67. The van der Waals surface area contributed by atoms with Crippen LogP contribution >= 0.6 is 0 Å². The molecule has 1 N–H and O–H groups in total. The second kappa shape index (κ2) is 8.37. The van der Waals surface area contributed by atoms with E-state index in [0.717, 1.165) is 12.5 Å².